The van der Waals surface area contributed by atoms with E-state index in [4.69, 9.17) is 37.0 Å². The summed E-state index contributed by atoms with van der Waals surface area (Å²) in [6, 6.07) is 0. The van der Waals surface area contributed by atoms with E-state index in [1.54, 1.807) is 0 Å². The first-order valence-corrected chi connectivity index (χ1v) is 45.6. The zero-order chi connectivity index (χ0) is 74.1. The predicted octanol–water partition coefficient (Wildman–Crippen LogP) is 24.8. The van der Waals surface area contributed by atoms with Crippen LogP contribution in [0.3, 0.4) is 0 Å². The summed E-state index contributed by atoms with van der Waals surface area (Å²) in [5, 5.41) is 10.6. The molecule has 0 saturated heterocycles. The van der Waals surface area contributed by atoms with E-state index < -0.39 is 97.5 Å². The summed E-state index contributed by atoms with van der Waals surface area (Å²) in [5.41, 5.74) is 0. The molecular formula is C82H160O17P2. The molecule has 2 unspecified atom stereocenters. The molecule has 0 fully saturated rings. The molecule has 5 atom stereocenters. The van der Waals surface area contributed by atoms with Crippen LogP contribution in [0, 0.1) is 5.92 Å². The standard InChI is InChI=1S/C82H160O17P2/c1-6-9-12-15-18-21-24-26-28-29-30-31-34-39-43-48-53-58-63-68-82(87)99-78(72-93-80(85)66-61-56-51-46-41-38-35-32-33-36-40-44-49-54-59-64-75(4)5)74-97-101(90,91)95-70-76(83)69-94-100(88,89)96-73-77(71-92-79(84)65-60-55-50-45-23-20-17-14-11-8-3)98-81(86)67-62-57-52-47-42-37-27-25-22-19-16-13-10-7-2/h75-78,83H,6-74H2,1-5H3,(H,88,89)(H,90,91)/t76-,77+,78+/m0/s1. The van der Waals surface area contributed by atoms with Crippen LogP contribution in [-0.4, -0.2) is 96.7 Å². The first-order valence-electron chi connectivity index (χ1n) is 42.6. The molecule has 101 heavy (non-hydrogen) atoms. The highest BCUT2D eigenvalue weighted by Gasteiger charge is 2.30. The third-order valence-corrected chi connectivity index (χ3v) is 21.2. The van der Waals surface area contributed by atoms with Gasteiger partial charge in [0.25, 0.3) is 0 Å². The molecule has 0 rings (SSSR count). The van der Waals surface area contributed by atoms with Gasteiger partial charge in [0.1, 0.15) is 19.3 Å². The summed E-state index contributed by atoms with van der Waals surface area (Å²) in [7, 11) is -9.92. The molecule has 0 aliphatic heterocycles. The third kappa shape index (κ3) is 76.1. The molecule has 17 nitrogen and oxygen atoms in total. The predicted molar refractivity (Wildman–Crippen MR) is 414 cm³/mol. The Kier molecular flexibility index (Phi) is 73.5. The van der Waals surface area contributed by atoms with Gasteiger partial charge in [-0.1, -0.05) is 388 Å². The monoisotopic (exact) mass is 1480 g/mol. The second-order valence-electron chi connectivity index (χ2n) is 30.0. The van der Waals surface area contributed by atoms with Crippen LogP contribution < -0.4 is 0 Å². The van der Waals surface area contributed by atoms with Crippen molar-refractivity contribution in [2.75, 3.05) is 39.6 Å². The average molecular weight is 1480 g/mol. The number of aliphatic hydroxyl groups is 1. The van der Waals surface area contributed by atoms with Gasteiger partial charge in [-0.2, -0.15) is 0 Å². The van der Waals surface area contributed by atoms with Crippen molar-refractivity contribution in [3.05, 3.63) is 0 Å². The van der Waals surface area contributed by atoms with Crippen molar-refractivity contribution < 1.29 is 80.2 Å². The second kappa shape index (κ2) is 74.9. The van der Waals surface area contributed by atoms with Crippen LogP contribution in [-0.2, 0) is 65.4 Å². The van der Waals surface area contributed by atoms with Crippen LogP contribution in [0.15, 0.2) is 0 Å². The lowest BCUT2D eigenvalue weighted by Gasteiger charge is -2.21. The average Bonchev–Trinajstić information content (AvgIpc) is 0.918. The number of aliphatic hydroxyl groups excluding tert-OH is 1. The van der Waals surface area contributed by atoms with E-state index >= 15 is 0 Å². The number of phosphoric acid groups is 2. The van der Waals surface area contributed by atoms with Crippen LogP contribution in [0.4, 0.5) is 0 Å². The normalized spacial score (nSPS) is 13.8. The van der Waals surface area contributed by atoms with Gasteiger partial charge in [0.2, 0.25) is 0 Å². The number of ether oxygens (including phenoxy) is 4. The van der Waals surface area contributed by atoms with Crippen LogP contribution in [0.1, 0.15) is 439 Å². The van der Waals surface area contributed by atoms with Gasteiger partial charge < -0.3 is 33.8 Å². The van der Waals surface area contributed by atoms with Crippen molar-refractivity contribution in [1.29, 1.82) is 0 Å². The molecule has 0 radical (unpaired) electrons. The van der Waals surface area contributed by atoms with Gasteiger partial charge in [-0.15, -0.1) is 0 Å². The fraction of sp³-hybridized carbons (Fsp3) is 0.951. The molecule has 600 valence electrons. The van der Waals surface area contributed by atoms with Crippen LogP contribution >= 0.6 is 15.6 Å². The minimum Gasteiger partial charge on any atom is -0.462 e. The number of carbonyl (C=O) groups is 4. The number of esters is 4. The molecule has 0 heterocycles. The van der Waals surface area contributed by atoms with Crippen molar-refractivity contribution in [1.82, 2.24) is 0 Å². The number of hydrogen-bond donors (Lipinski definition) is 3. The van der Waals surface area contributed by atoms with Gasteiger partial charge in [0.05, 0.1) is 26.4 Å². The lowest BCUT2D eigenvalue weighted by Crippen LogP contribution is -2.30. The van der Waals surface area contributed by atoms with Crippen LogP contribution in [0.2, 0.25) is 0 Å². The maximum Gasteiger partial charge on any atom is 0.472 e. The van der Waals surface area contributed by atoms with Gasteiger partial charge >= 0.3 is 39.5 Å². The van der Waals surface area contributed by atoms with E-state index in [0.717, 1.165) is 95.8 Å². The minimum atomic E-state index is -4.96. The van der Waals surface area contributed by atoms with Gasteiger partial charge in [0.15, 0.2) is 12.2 Å². The van der Waals surface area contributed by atoms with Crippen molar-refractivity contribution in [2.24, 2.45) is 5.92 Å². The van der Waals surface area contributed by atoms with Crippen molar-refractivity contribution in [3.63, 3.8) is 0 Å². The first kappa shape index (κ1) is 99.1. The van der Waals surface area contributed by atoms with E-state index in [1.165, 1.54) is 263 Å². The smallest absolute Gasteiger partial charge is 0.462 e. The topological polar surface area (TPSA) is 237 Å². The van der Waals surface area contributed by atoms with Crippen molar-refractivity contribution in [3.8, 4) is 0 Å². The number of carbonyl (C=O) groups excluding carboxylic acids is 4. The summed E-state index contributed by atoms with van der Waals surface area (Å²) in [6.45, 7) is 7.36. The Labute approximate surface area is 619 Å². The maximum atomic E-state index is 13.1. The molecule has 0 aromatic heterocycles. The SMILES string of the molecule is CCCCCCCCCCCCCCCCCCCCCC(=O)O[C@H](COC(=O)CCCCCCCCCCCCCCCCCC(C)C)COP(=O)(O)OC[C@@H](O)COP(=O)(O)OC[C@@H](COC(=O)CCCCCCCCCCCC)OC(=O)CCCCCCCCCCCCCCCC. The minimum absolute atomic E-state index is 0.108. The van der Waals surface area contributed by atoms with Gasteiger partial charge in [0, 0.05) is 25.7 Å². The molecule has 0 saturated carbocycles. The van der Waals surface area contributed by atoms with E-state index in [2.05, 4.69) is 34.6 Å². The van der Waals surface area contributed by atoms with Crippen molar-refractivity contribution >= 4 is 39.5 Å². The molecule has 0 aliphatic carbocycles. The molecule has 0 aromatic rings. The Morgan fingerprint density at radius 2 is 0.455 bits per heavy atom. The first-order chi connectivity index (χ1) is 49.0. The number of rotatable bonds is 82. The Balaban J connectivity index is 5.23. The summed E-state index contributed by atoms with van der Waals surface area (Å²) >= 11 is 0. The molecule has 0 bridgehead atoms. The molecule has 0 amide bonds. The Morgan fingerprint density at radius 3 is 0.673 bits per heavy atom. The molecular weight excluding hydrogens is 1320 g/mol. The van der Waals surface area contributed by atoms with Crippen LogP contribution in [0.25, 0.3) is 0 Å². The molecule has 3 N–H and O–H groups in total. The summed E-state index contributed by atoms with van der Waals surface area (Å²) in [5.74, 6) is -1.30. The molecule has 0 aliphatic rings. The molecule has 0 aromatic carbocycles. The largest absolute Gasteiger partial charge is 0.472 e. The van der Waals surface area contributed by atoms with Crippen LogP contribution in [0.5, 0.6) is 0 Å². The Morgan fingerprint density at radius 1 is 0.267 bits per heavy atom. The lowest BCUT2D eigenvalue weighted by atomic mass is 10.0. The second-order valence-corrected chi connectivity index (χ2v) is 32.9. The summed E-state index contributed by atoms with van der Waals surface area (Å²) < 4.78 is 68.7. The van der Waals surface area contributed by atoms with Crippen molar-refractivity contribution in [2.45, 2.75) is 457 Å². The van der Waals surface area contributed by atoms with Gasteiger partial charge in [-0.25, -0.2) is 9.13 Å². The van der Waals surface area contributed by atoms with E-state index in [1.807, 2.05) is 0 Å². The lowest BCUT2D eigenvalue weighted by molar-refractivity contribution is -0.161. The fourth-order valence-corrected chi connectivity index (χ4v) is 14.3. The fourth-order valence-electron chi connectivity index (χ4n) is 12.8. The zero-order valence-corrected chi connectivity index (χ0v) is 67.8. The zero-order valence-electron chi connectivity index (χ0n) is 66.1. The molecule has 19 heteroatoms. The highest BCUT2D eigenvalue weighted by Crippen LogP contribution is 2.45. The maximum absolute atomic E-state index is 13.1. The number of hydrogen-bond acceptors (Lipinski definition) is 15. The van der Waals surface area contributed by atoms with E-state index in [0.29, 0.717) is 25.7 Å². The van der Waals surface area contributed by atoms with Gasteiger partial charge in [-0.05, 0) is 31.6 Å². The Bertz CT molecular complexity index is 1930. The number of unbranched alkanes of at least 4 members (excludes halogenated alkanes) is 54. The van der Waals surface area contributed by atoms with E-state index in [9.17, 15) is 43.2 Å². The van der Waals surface area contributed by atoms with Gasteiger partial charge in [-0.3, -0.25) is 37.3 Å². The molecule has 0 spiro atoms. The quantitative estimate of drug-likeness (QED) is 0.0222. The van der Waals surface area contributed by atoms with E-state index in [-0.39, 0.29) is 25.7 Å². The third-order valence-electron chi connectivity index (χ3n) is 19.3. The number of phosphoric ester groups is 2. The summed E-state index contributed by atoms with van der Waals surface area (Å²) in [6.07, 6.45) is 66.5. The highest BCUT2D eigenvalue weighted by molar-refractivity contribution is 7.47. The summed E-state index contributed by atoms with van der Waals surface area (Å²) in [4.78, 5) is 73.0. The Hall–Kier alpha value is -1.94. The highest BCUT2D eigenvalue weighted by atomic mass is 31.2.